The van der Waals surface area contributed by atoms with E-state index in [0.717, 1.165) is 11.6 Å². The van der Waals surface area contributed by atoms with Gasteiger partial charge in [-0.15, -0.1) is 0 Å². The first-order valence-corrected chi connectivity index (χ1v) is 10.2. The molecule has 1 aliphatic heterocycles. The van der Waals surface area contributed by atoms with Gasteiger partial charge in [0.2, 0.25) is 6.79 Å². The molecule has 0 bridgehead atoms. The highest BCUT2D eigenvalue weighted by molar-refractivity contribution is 7.90. The van der Waals surface area contributed by atoms with E-state index in [0.29, 0.717) is 11.5 Å². The van der Waals surface area contributed by atoms with Gasteiger partial charge < -0.3 is 18.6 Å². The Morgan fingerprint density at radius 2 is 1.90 bits per heavy atom. The van der Waals surface area contributed by atoms with Crippen LogP contribution >= 0.6 is 0 Å². The third kappa shape index (κ3) is 4.12. The molecule has 11 heteroatoms. The molecule has 1 aliphatic rings. The Balaban J connectivity index is 1.73. The van der Waals surface area contributed by atoms with Gasteiger partial charge in [0, 0.05) is 29.0 Å². The molecule has 3 heterocycles. The van der Waals surface area contributed by atoms with Gasteiger partial charge in [-0.25, -0.2) is 0 Å². The summed E-state index contributed by atoms with van der Waals surface area (Å²) in [5.41, 5.74) is -0.628. The van der Waals surface area contributed by atoms with Crippen molar-refractivity contribution in [3.63, 3.8) is 0 Å². The van der Waals surface area contributed by atoms with E-state index in [4.69, 9.17) is 9.47 Å². The Morgan fingerprint density at radius 3 is 2.63 bits per heavy atom. The van der Waals surface area contributed by atoms with E-state index >= 15 is 0 Å². The molecule has 3 aromatic rings. The molecule has 0 saturated carbocycles. The van der Waals surface area contributed by atoms with Gasteiger partial charge in [-0.3, -0.25) is 4.79 Å². The van der Waals surface area contributed by atoms with Gasteiger partial charge in [-0.05, 0) is 29.8 Å². The summed E-state index contributed by atoms with van der Waals surface area (Å²) in [4.78, 5) is 19.6. The maximum atomic E-state index is 13.2. The van der Waals surface area contributed by atoms with Gasteiger partial charge in [0.15, 0.2) is 17.2 Å². The SMILES string of the molecule is C[S+]([O-])c1nc(-c2ccc(=O)n(Cc3ccc4c(c3)OCO4)c2)cc(C(F)(F)F)n1. The molecule has 30 heavy (non-hydrogen) atoms. The first-order chi connectivity index (χ1) is 14.2. The Kier molecular flexibility index (Phi) is 5.16. The summed E-state index contributed by atoms with van der Waals surface area (Å²) in [6, 6.07) is 8.57. The Labute approximate surface area is 171 Å². The predicted molar refractivity (Wildman–Crippen MR) is 101 cm³/mol. The molecule has 4 rings (SSSR count). The van der Waals surface area contributed by atoms with E-state index in [2.05, 4.69) is 9.97 Å². The van der Waals surface area contributed by atoms with Crippen molar-refractivity contribution in [1.29, 1.82) is 0 Å². The number of pyridine rings is 1. The molecule has 0 amide bonds. The summed E-state index contributed by atoms with van der Waals surface area (Å²) >= 11 is -1.82. The molecule has 2 aromatic heterocycles. The number of halogens is 3. The van der Waals surface area contributed by atoms with Crippen molar-refractivity contribution in [2.45, 2.75) is 17.9 Å². The Morgan fingerprint density at radius 1 is 1.13 bits per heavy atom. The maximum absolute atomic E-state index is 13.2. The fraction of sp³-hybridized carbons (Fsp3) is 0.211. The minimum atomic E-state index is -4.73. The lowest BCUT2D eigenvalue weighted by atomic mass is 10.1. The number of aromatic nitrogens is 3. The quantitative estimate of drug-likeness (QED) is 0.461. The first kappa shape index (κ1) is 20.2. The van der Waals surface area contributed by atoms with Gasteiger partial charge in [0.25, 0.3) is 5.56 Å². The van der Waals surface area contributed by atoms with Gasteiger partial charge in [-0.1, -0.05) is 6.07 Å². The lowest BCUT2D eigenvalue weighted by Gasteiger charge is -2.12. The van der Waals surface area contributed by atoms with Crippen LogP contribution in [0.25, 0.3) is 11.3 Å². The van der Waals surface area contributed by atoms with Crippen LogP contribution in [-0.4, -0.2) is 32.1 Å². The fourth-order valence-corrected chi connectivity index (χ4v) is 3.34. The zero-order valence-electron chi connectivity index (χ0n) is 15.5. The second-order valence-corrected chi connectivity index (χ2v) is 7.72. The smallest absolute Gasteiger partial charge is 0.433 e. The molecular weight excluding hydrogens is 423 g/mol. The lowest BCUT2D eigenvalue weighted by molar-refractivity contribution is -0.141. The topological polar surface area (TPSA) is 89.3 Å². The molecule has 1 atom stereocenters. The monoisotopic (exact) mass is 437 g/mol. The first-order valence-electron chi connectivity index (χ1n) is 8.60. The number of hydrogen-bond acceptors (Lipinski definition) is 6. The molecule has 1 unspecified atom stereocenters. The summed E-state index contributed by atoms with van der Waals surface area (Å²) < 4.78 is 63.2. The van der Waals surface area contributed by atoms with E-state index in [1.165, 1.54) is 29.2 Å². The average molecular weight is 437 g/mol. The Hall–Kier alpha value is -3.05. The van der Waals surface area contributed by atoms with Gasteiger partial charge >= 0.3 is 11.3 Å². The summed E-state index contributed by atoms with van der Waals surface area (Å²) in [6.45, 7) is 0.275. The normalized spacial score (nSPS) is 14.0. The van der Waals surface area contributed by atoms with Gasteiger partial charge in [0.05, 0.1) is 12.2 Å². The highest BCUT2D eigenvalue weighted by Crippen LogP contribution is 2.33. The Bertz CT molecular complexity index is 1160. The summed E-state index contributed by atoms with van der Waals surface area (Å²) in [5.74, 6) is 1.15. The highest BCUT2D eigenvalue weighted by Gasteiger charge is 2.35. The van der Waals surface area contributed by atoms with Crippen LogP contribution < -0.4 is 15.0 Å². The van der Waals surface area contributed by atoms with Crippen LogP contribution in [0.15, 0.2) is 52.5 Å². The van der Waals surface area contributed by atoms with Crippen molar-refractivity contribution in [3.8, 4) is 22.8 Å². The third-order valence-electron chi connectivity index (χ3n) is 4.32. The maximum Gasteiger partial charge on any atom is 0.433 e. The van der Waals surface area contributed by atoms with Crippen molar-refractivity contribution in [1.82, 2.24) is 14.5 Å². The van der Waals surface area contributed by atoms with E-state index < -0.39 is 28.2 Å². The van der Waals surface area contributed by atoms with Crippen molar-refractivity contribution in [2.75, 3.05) is 13.0 Å². The molecule has 0 saturated heterocycles. The van der Waals surface area contributed by atoms with Crippen molar-refractivity contribution < 1.29 is 27.2 Å². The van der Waals surface area contributed by atoms with Crippen molar-refractivity contribution in [3.05, 3.63) is 64.2 Å². The fourth-order valence-electron chi connectivity index (χ4n) is 2.89. The third-order valence-corrected chi connectivity index (χ3v) is 5.02. The molecular formula is C19H14F3N3O4S. The molecule has 0 aliphatic carbocycles. The van der Waals surface area contributed by atoms with Gasteiger partial charge in [-0.2, -0.15) is 23.1 Å². The van der Waals surface area contributed by atoms with E-state index in [1.54, 1.807) is 18.2 Å². The van der Waals surface area contributed by atoms with E-state index in [9.17, 15) is 22.5 Å². The number of rotatable bonds is 4. The molecule has 1 aromatic carbocycles. The number of ether oxygens (including phenoxy) is 2. The predicted octanol–water partition coefficient (Wildman–Crippen LogP) is 2.84. The van der Waals surface area contributed by atoms with Crippen LogP contribution in [0, 0.1) is 0 Å². The van der Waals surface area contributed by atoms with Crippen LogP contribution in [0.2, 0.25) is 0 Å². The van der Waals surface area contributed by atoms with Crippen LogP contribution in [0.4, 0.5) is 13.2 Å². The average Bonchev–Trinajstić information content (AvgIpc) is 3.16. The summed E-state index contributed by atoms with van der Waals surface area (Å²) in [5, 5.41) is -0.437. The van der Waals surface area contributed by atoms with Gasteiger partial charge in [0.1, 0.15) is 6.26 Å². The zero-order chi connectivity index (χ0) is 21.5. The number of nitrogens with zero attached hydrogens (tertiary/aromatic N) is 3. The molecule has 0 radical (unpaired) electrons. The minimum Gasteiger partial charge on any atom is -0.609 e. The standard InChI is InChI=1S/C19H14F3N3O4S/c1-30(27)18-23-13(7-16(24-18)19(20,21)22)12-3-5-17(26)25(9-12)8-11-2-4-14-15(6-11)29-10-28-14/h2-7,9H,8,10H2,1H3. The number of hydrogen-bond donors (Lipinski definition) is 0. The lowest BCUT2D eigenvalue weighted by Crippen LogP contribution is -2.19. The second kappa shape index (κ2) is 7.65. The summed E-state index contributed by atoms with van der Waals surface area (Å²) in [6.07, 6.45) is -2.13. The van der Waals surface area contributed by atoms with Crippen LogP contribution in [0.5, 0.6) is 11.5 Å². The molecule has 7 nitrogen and oxygen atoms in total. The van der Waals surface area contributed by atoms with E-state index in [1.807, 2.05) is 0 Å². The molecule has 0 fully saturated rings. The highest BCUT2D eigenvalue weighted by atomic mass is 32.2. The largest absolute Gasteiger partial charge is 0.609 e. The second-order valence-electron chi connectivity index (χ2n) is 6.44. The zero-order valence-corrected chi connectivity index (χ0v) is 16.3. The molecule has 0 spiro atoms. The van der Waals surface area contributed by atoms with E-state index in [-0.39, 0.29) is 30.2 Å². The number of fused-ring (bicyclic) bond motifs is 1. The minimum absolute atomic E-state index is 0.0815. The number of alkyl halides is 3. The van der Waals surface area contributed by atoms with Crippen LogP contribution in [0.1, 0.15) is 11.3 Å². The van der Waals surface area contributed by atoms with Crippen molar-refractivity contribution in [2.24, 2.45) is 0 Å². The van der Waals surface area contributed by atoms with Crippen LogP contribution in [-0.2, 0) is 23.9 Å². The summed E-state index contributed by atoms with van der Waals surface area (Å²) in [7, 11) is 0. The number of benzene rings is 1. The van der Waals surface area contributed by atoms with Crippen LogP contribution in [0.3, 0.4) is 0 Å². The molecule has 156 valence electrons. The molecule has 0 N–H and O–H groups in total. The van der Waals surface area contributed by atoms with Crippen molar-refractivity contribution >= 4 is 11.2 Å².